The van der Waals surface area contributed by atoms with E-state index in [0.29, 0.717) is 24.9 Å². The summed E-state index contributed by atoms with van der Waals surface area (Å²) in [7, 11) is -1.22. The molecule has 2 unspecified atom stereocenters. The van der Waals surface area contributed by atoms with Crippen molar-refractivity contribution in [3.05, 3.63) is 0 Å². The number of rotatable bonds is 11. The van der Waals surface area contributed by atoms with Crippen LogP contribution in [0.5, 0.6) is 0 Å². The van der Waals surface area contributed by atoms with Gasteiger partial charge in [-0.15, -0.1) is 0 Å². The van der Waals surface area contributed by atoms with Gasteiger partial charge in [-0.3, -0.25) is 4.79 Å². The zero-order chi connectivity index (χ0) is 14.1. The van der Waals surface area contributed by atoms with Gasteiger partial charge in [-0.1, -0.05) is 13.8 Å². The molecular weight excluding hydrogens is 264 g/mol. The van der Waals surface area contributed by atoms with Crippen molar-refractivity contribution in [3.63, 3.8) is 0 Å². The van der Waals surface area contributed by atoms with Crippen LogP contribution in [-0.2, 0) is 23.4 Å². The highest BCUT2D eigenvalue weighted by atomic mass is 28.3. The van der Waals surface area contributed by atoms with Crippen LogP contribution in [0, 0.1) is 0 Å². The van der Waals surface area contributed by atoms with Gasteiger partial charge < -0.3 is 18.6 Å². The van der Waals surface area contributed by atoms with Crippen LogP contribution in [0.1, 0.15) is 27.2 Å². The first-order chi connectivity index (χ1) is 9.09. The minimum absolute atomic E-state index is 0.248. The molecule has 0 aromatic heterocycles. The van der Waals surface area contributed by atoms with Crippen LogP contribution in [0.3, 0.4) is 0 Å². The fourth-order valence-corrected chi connectivity index (χ4v) is 3.95. The molecule has 6 heteroatoms. The molecule has 0 aromatic carbocycles. The number of carbonyl (C=O) groups is 1. The van der Waals surface area contributed by atoms with Gasteiger partial charge in [0.1, 0.15) is 12.7 Å². The Kier molecular flexibility index (Phi) is 8.28. The zero-order valence-corrected chi connectivity index (χ0v) is 13.4. The summed E-state index contributed by atoms with van der Waals surface area (Å²) < 4.78 is 21.3. The lowest BCUT2D eigenvalue weighted by Crippen LogP contribution is -2.25. The number of hydrogen-bond acceptors (Lipinski definition) is 5. The standard InChI is InChI=1S/C13H26O5Si/c1-11(2)19(18-7-6-16-12(3)14)8-4-5-15-9-13-10-17-13/h11,13,19H,4-10H2,1-3H3. The molecule has 5 nitrogen and oxygen atoms in total. The molecule has 1 saturated heterocycles. The van der Waals surface area contributed by atoms with Crippen LogP contribution >= 0.6 is 0 Å². The van der Waals surface area contributed by atoms with Gasteiger partial charge in [0.2, 0.25) is 0 Å². The van der Waals surface area contributed by atoms with Gasteiger partial charge in [-0.2, -0.15) is 0 Å². The van der Waals surface area contributed by atoms with Gasteiger partial charge >= 0.3 is 5.97 Å². The zero-order valence-electron chi connectivity index (χ0n) is 12.2. The second-order valence-corrected chi connectivity index (χ2v) is 8.49. The quantitative estimate of drug-likeness (QED) is 0.250. The maximum absolute atomic E-state index is 10.6. The van der Waals surface area contributed by atoms with Crippen LogP contribution < -0.4 is 0 Å². The van der Waals surface area contributed by atoms with E-state index >= 15 is 0 Å². The molecular formula is C13H26O5Si. The molecule has 0 radical (unpaired) electrons. The lowest BCUT2D eigenvalue weighted by Gasteiger charge is -2.19. The summed E-state index contributed by atoms with van der Waals surface area (Å²) in [6.07, 6.45) is 1.38. The van der Waals surface area contributed by atoms with Crippen molar-refractivity contribution in [1.82, 2.24) is 0 Å². The predicted octanol–water partition coefficient (Wildman–Crippen LogP) is 1.51. The van der Waals surface area contributed by atoms with E-state index in [2.05, 4.69) is 13.8 Å². The number of esters is 1. The minimum Gasteiger partial charge on any atom is -0.463 e. The molecule has 1 fully saturated rings. The van der Waals surface area contributed by atoms with Crippen molar-refractivity contribution in [2.24, 2.45) is 0 Å². The highest BCUT2D eigenvalue weighted by molar-refractivity contribution is 6.53. The summed E-state index contributed by atoms with van der Waals surface area (Å²) in [5.74, 6) is -0.248. The second kappa shape index (κ2) is 9.47. The third kappa shape index (κ3) is 9.15. The summed E-state index contributed by atoms with van der Waals surface area (Å²) in [5.41, 5.74) is 0.587. The van der Waals surface area contributed by atoms with Crippen molar-refractivity contribution in [3.8, 4) is 0 Å². The molecule has 0 N–H and O–H groups in total. The summed E-state index contributed by atoms with van der Waals surface area (Å²) in [6, 6.07) is 1.10. The molecule has 19 heavy (non-hydrogen) atoms. The van der Waals surface area contributed by atoms with Gasteiger partial charge in [0.05, 0.1) is 19.8 Å². The van der Waals surface area contributed by atoms with E-state index in [1.807, 2.05) is 0 Å². The van der Waals surface area contributed by atoms with Crippen molar-refractivity contribution < 1.29 is 23.4 Å². The van der Waals surface area contributed by atoms with E-state index in [4.69, 9.17) is 18.6 Å². The van der Waals surface area contributed by atoms with Gasteiger partial charge in [-0.25, -0.2) is 0 Å². The Labute approximate surface area is 117 Å². The van der Waals surface area contributed by atoms with E-state index in [9.17, 15) is 4.79 Å². The van der Waals surface area contributed by atoms with Crippen LogP contribution in [0.15, 0.2) is 0 Å². The van der Waals surface area contributed by atoms with Gasteiger partial charge in [0.25, 0.3) is 0 Å². The Morgan fingerprint density at radius 3 is 2.68 bits per heavy atom. The van der Waals surface area contributed by atoms with Crippen molar-refractivity contribution in [2.75, 3.05) is 33.0 Å². The first-order valence-electron chi connectivity index (χ1n) is 7.04. The fraction of sp³-hybridized carbons (Fsp3) is 0.923. The Morgan fingerprint density at radius 2 is 2.11 bits per heavy atom. The number of ether oxygens (including phenoxy) is 3. The van der Waals surface area contributed by atoms with Gasteiger partial charge in [-0.05, 0) is 18.0 Å². The predicted molar refractivity (Wildman–Crippen MR) is 74.8 cm³/mol. The highest BCUT2D eigenvalue weighted by Gasteiger charge is 2.22. The van der Waals surface area contributed by atoms with E-state index in [0.717, 1.165) is 32.3 Å². The Hall–Kier alpha value is -0.433. The topological polar surface area (TPSA) is 57.3 Å². The minimum atomic E-state index is -1.22. The first-order valence-corrected chi connectivity index (χ1v) is 8.99. The van der Waals surface area contributed by atoms with E-state index in [1.54, 1.807) is 0 Å². The molecule has 0 aromatic rings. The van der Waals surface area contributed by atoms with E-state index in [1.165, 1.54) is 6.92 Å². The lowest BCUT2D eigenvalue weighted by atomic mass is 10.5. The van der Waals surface area contributed by atoms with Crippen molar-refractivity contribution >= 4 is 15.0 Å². The van der Waals surface area contributed by atoms with Crippen LogP contribution in [0.2, 0.25) is 11.6 Å². The molecule has 0 amide bonds. The molecule has 1 heterocycles. The third-order valence-electron chi connectivity index (χ3n) is 2.95. The van der Waals surface area contributed by atoms with Crippen LogP contribution in [-0.4, -0.2) is 54.1 Å². The maximum Gasteiger partial charge on any atom is 0.302 e. The monoisotopic (exact) mass is 290 g/mol. The van der Waals surface area contributed by atoms with Crippen LogP contribution in [0.25, 0.3) is 0 Å². The molecule has 0 aliphatic carbocycles. The molecule has 2 atom stereocenters. The van der Waals surface area contributed by atoms with Gasteiger partial charge in [0, 0.05) is 13.5 Å². The summed E-state index contributed by atoms with van der Waals surface area (Å²) in [4.78, 5) is 10.6. The fourth-order valence-electron chi connectivity index (χ4n) is 1.76. The smallest absolute Gasteiger partial charge is 0.302 e. The maximum atomic E-state index is 10.6. The Morgan fingerprint density at radius 1 is 1.37 bits per heavy atom. The van der Waals surface area contributed by atoms with Crippen molar-refractivity contribution in [1.29, 1.82) is 0 Å². The summed E-state index contributed by atoms with van der Waals surface area (Å²) in [5, 5.41) is 0. The van der Waals surface area contributed by atoms with Gasteiger partial charge in [0.15, 0.2) is 9.04 Å². The molecule has 1 aliphatic rings. The largest absolute Gasteiger partial charge is 0.463 e. The molecule has 112 valence electrons. The number of epoxide rings is 1. The average molecular weight is 290 g/mol. The normalized spacial score (nSPS) is 19.5. The molecule has 0 bridgehead atoms. The first kappa shape index (κ1) is 16.6. The Balaban J connectivity index is 2.00. The molecule has 1 rings (SSSR count). The summed E-state index contributed by atoms with van der Waals surface area (Å²) in [6.45, 7) is 9.04. The number of carbonyl (C=O) groups excluding carboxylic acids is 1. The van der Waals surface area contributed by atoms with Crippen molar-refractivity contribution in [2.45, 2.75) is 44.9 Å². The lowest BCUT2D eigenvalue weighted by molar-refractivity contribution is -0.141. The third-order valence-corrected chi connectivity index (χ3v) is 6.08. The van der Waals surface area contributed by atoms with Crippen LogP contribution in [0.4, 0.5) is 0 Å². The average Bonchev–Trinajstić information content (AvgIpc) is 3.14. The molecule has 0 saturated carbocycles. The second-order valence-electron chi connectivity index (χ2n) is 5.17. The molecule has 1 aliphatic heterocycles. The van der Waals surface area contributed by atoms with E-state index < -0.39 is 9.04 Å². The molecule has 0 spiro atoms. The number of hydrogen-bond donors (Lipinski definition) is 0. The summed E-state index contributed by atoms with van der Waals surface area (Å²) >= 11 is 0. The van der Waals surface area contributed by atoms with E-state index in [-0.39, 0.29) is 5.97 Å². The SMILES string of the molecule is CC(=O)OCCO[SiH](CCCOCC1CO1)C(C)C. The highest BCUT2D eigenvalue weighted by Crippen LogP contribution is 2.15. The Bertz CT molecular complexity index is 255.